The highest BCUT2D eigenvalue weighted by Gasteiger charge is 2.55. The summed E-state index contributed by atoms with van der Waals surface area (Å²) in [6, 6.07) is 13.9. The fourth-order valence-electron chi connectivity index (χ4n) is 6.22. The molecule has 1 amide bonds. The maximum atomic E-state index is 13.1. The van der Waals surface area contributed by atoms with Gasteiger partial charge in [0.05, 0.1) is 7.11 Å². The summed E-state index contributed by atoms with van der Waals surface area (Å²) in [5, 5.41) is 10.5. The molecule has 2 aromatic rings. The first-order valence-corrected chi connectivity index (χ1v) is 11.0. The molecule has 1 saturated carbocycles. The van der Waals surface area contributed by atoms with Crippen molar-refractivity contribution in [1.29, 1.82) is 0 Å². The minimum absolute atomic E-state index is 0.0520. The average molecular weight is 408 g/mol. The summed E-state index contributed by atoms with van der Waals surface area (Å²) in [6.45, 7) is 1.01. The molecule has 5 nitrogen and oxygen atoms in total. The van der Waals surface area contributed by atoms with E-state index in [4.69, 9.17) is 9.47 Å². The van der Waals surface area contributed by atoms with E-state index in [0.717, 1.165) is 31.2 Å². The van der Waals surface area contributed by atoms with Crippen molar-refractivity contribution >= 4 is 6.09 Å². The number of phenolic OH excluding ortho intramolecular Hbond substituents is 1. The van der Waals surface area contributed by atoms with Gasteiger partial charge in [0.1, 0.15) is 6.61 Å². The van der Waals surface area contributed by atoms with Crippen molar-refractivity contribution in [3.8, 4) is 11.5 Å². The van der Waals surface area contributed by atoms with Crippen molar-refractivity contribution in [2.24, 2.45) is 5.92 Å². The molecule has 5 heteroatoms. The van der Waals surface area contributed by atoms with Crippen molar-refractivity contribution in [2.75, 3.05) is 13.7 Å². The molecule has 1 N–H and O–H groups in total. The van der Waals surface area contributed by atoms with E-state index in [2.05, 4.69) is 0 Å². The van der Waals surface area contributed by atoms with Crippen LogP contribution >= 0.6 is 0 Å². The molecule has 5 rings (SSSR count). The van der Waals surface area contributed by atoms with E-state index in [1.165, 1.54) is 24.0 Å². The van der Waals surface area contributed by atoms with Crippen molar-refractivity contribution < 1.29 is 19.4 Å². The van der Waals surface area contributed by atoms with Crippen molar-refractivity contribution in [2.45, 2.75) is 56.6 Å². The number of likely N-dealkylation sites (tertiary alicyclic amines) is 1. The van der Waals surface area contributed by atoms with Crippen LogP contribution in [0.5, 0.6) is 11.5 Å². The summed E-state index contributed by atoms with van der Waals surface area (Å²) >= 11 is 0. The number of hydrogen-bond donors (Lipinski definition) is 1. The Kier molecular flexibility index (Phi) is 4.84. The minimum atomic E-state index is -0.211. The lowest BCUT2D eigenvalue weighted by Gasteiger charge is -2.58. The van der Waals surface area contributed by atoms with E-state index in [9.17, 15) is 9.90 Å². The summed E-state index contributed by atoms with van der Waals surface area (Å²) in [4.78, 5) is 15.0. The van der Waals surface area contributed by atoms with Gasteiger partial charge in [-0.1, -0.05) is 43.2 Å². The normalized spacial score (nSPS) is 27.0. The van der Waals surface area contributed by atoms with Crippen LogP contribution in [0.25, 0.3) is 0 Å². The molecule has 2 bridgehead atoms. The average Bonchev–Trinajstić information content (AvgIpc) is 2.78. The third-order valence-electron chi connectivity index (χ3n) is 7.57. The number of nitrogens with zero attached hydrogens (tertiary/aromatic N) is 1. The summed E-state index contributed by atoms with van der Waals surface area (Å²) in [5.41, 5.74) is 3.53. The van der Waals surface area contributed by atoms with Gasteiger partial charge in [0.2, 0.25) is 0 Å². The van der Waals surface area contributed by atoms with Gasteiger partial charge in [-0.3, -0.25) is 0 Å². The fourth-order valence-corrected chi connectivity index (χ4v) is 6.22. The number of methoxy groups -OCH3 is 1. The molecule has 1 saturated heterocycles. The summed E-state index contributed by atoms with van der Waals surface area (Å²) in [5.74, 6) is 1.15. The third-order valence-corrected chi connectivity index (χ3v) is 7.57. The number of aromatic hydroxyl groups is 1. The van der Waals surface area contributed by atoms with Crippen molar-refractivity contribution in [3.05, 3.63) is 59.2 Å². The van der Waals surface area contributed by atoms with Gasteiger partial charge in [0, 0.05) is 18.0 Å². The van der Waals surface area contributed by atoms with E-state index >= 15 is 0 Å². The second-order valence-electron chi connectivity index (χ2n) is 8.94. The lowest BCUT2D eigenvalue weighted by Crippen LogP contribution is -2.62. The van der Waals surface area contributed by atoms with Crippen LogP contribution in [0.4, 0.5) is 4.79 Å². The molecule has 1 heterocycles. The Morgan fingerprint density at radius 1 is 1.20 bits per heavy atom. The second-order valence-corrected chi connectivity index (χ2v) is 8.94. The van der Waals surface area contributed by atoms with Gasteiger partial charge in [0.15, 0.2) is 11.5 Å². The maximum absolute atomic E-state index is 13.1. The molecule has 158 valence electrons. The van der Waals surface area contributed by atoms with Crippen LogP contribution in [-0.4, -0.2) is 35.8 Å². The quantitative estimate of drug-likeness (QED) is 0.794. The summed E-state index contributed by atoms with van der Waals surface area (Å²) in [7, 11) is 1.58. The van der Waals surface area contributed by atoms with E-state index in [1.807, 2.05) is 47.4 Å². The Balaban J connectivity index is 1.44. The Hall–Kier alpha value is -2.69. The zero-order valence-corrected chi connectivity index (χ0v) is 17.5. The van der Waals surface area contributed by atoms with Gasteiger partial charge in [-0.15, -0.1) is 0 Å². The Bertz CT molecular complexity index is 944. The number of phenols is 1. The van der Waals surface area contributed by atoms with Crippen molar-refractivity contribution in [1.82, 2.24) is 4.90 Å². The van der Waals surface area contributed by atoms with E-state index in [-0.39, 0.29) is 23.3 Å². The molecular weight excluding hydrogens is 378 g/mol. The highest BCUT2D eigenvalue weighted by Crippen LogP contribution is 2.57. The number of amides is 1. The molecule has 30 heavy (non-hydrogen) atoms. The minimum Gasteiger partial charge on any atom is -0.504 e. The van der Waals surface area contributed by atoms with Gasteiger partial charge < -0.3 is 19.5 Å². The number of hydrogen-bond acceptors (Lipinski definition) is 4. The van der Waals surface area contributed by atoms with Gasteiger partial charge in [-0.2, -0.15) is 0 Å². The zero-order chi connectivity index (χ0) is 20.7. The predicted octanol–water partition coefficient (Wildman–Crippen LogP) is 4.80. The summed E-state index contributed by atoms with van der Waals surface area (Å²) < 4.78 is 11.1. The maximum Gasteiger partial charge on any atom is 0.410 e. The first kappa shape index (κ1) is 19.3. The number of carbonyl (C=O) groups is 1. The molecule has 1 aliphatic heterocycles. The van der Waals surface area contributed by atoms with Crippen LogP contribution in [0, 0.1) is 5.92 Å². The first-order valence-electron chi connectivity index (χ1n) is 11.0. The van der Waals surface area contributed by atoms with Crippen molar-refractivity contribution in [3.63, 3.8) is 0 Å². The number of benzene rings is 2. The smallest absolute Gasteiger partial charge is 0.410 e. The van der Waals surface area contributed by atoms with Gasteiger partial charge in [0.25, 0.3) is 0 Å². The van der Waals surface area contributed by atoms with Crippen LogP contribution in [0.3, 0.4) is 0 Å². The number of piperidine rings is 1. The number of fused-ring (bicyclic) bond motifs is 1. The molecular formula is C25H29NO4. The number of carbonyl (C=O) groups excluding carboxylic acids is 1. The van der Waals surface area contributed by atoms with E-state index in [1.54, 1.807) is 7.11 Å². The molecule has 3 atom stereocenters. The number of ether oxygens (including phenoxy) is 2. The van der Waals surface area contributed by atoms with Gasteiger partial charge in [-0.05, 0) is 60.4 Å². The Morgan fingerprint density at radius 2 is 2.03 bits per heavy atom. The number of rotatable bonds is 3. The van der Waals surface area contributed by atoms with Crippen LogP contribution < -0.4 is 4.74 Å². The van der Waals surface area contributed by atoms with Crippen LogP contribution in [0.2, 0.25) is 0 Å². The Morgan fingerprint density at radius 3 is 2.83 bits per heavy atom. The molecule has 0 radical (unpaired) electrons. The van der Waals surface area contributed by atoms with Crippen LogP contribution in [0.1, 0.15) is 48.8 Å². The second kappa shape index (κ2) is 7.53. The molecule has 2 aliphatic carbocycles. The van der Waals surface area contributed by atoms with Crippen LogP contribution in [0.15, 0.2) is 42.5 Å². The van der Waals surface area contributed by atoms with Gasteiger partial charge in [-0.25, -0.2) is 4.79 Å². The largest absolute Gasteiger partial charge is 0.504 e. The van der Waals surface area contributed by atoms with E-state index in [0.29, 0.717) is 24.8 Å². The molecule has 0 spiro atoms. The lowest BCUT2D eigenvalue weighted by molar-refractivity contribution is -0.0137. The van der Waals surface area contributed by atoms with Crippen LogP contribution in [-0.2, 0) is 23.2 Å². The highest BCUT2D eigenvalue weighted by atomic mass is 16.6. The molecule has 2 aromatic carbocycles. The fraction of sp³-hybridized carbons (Fsp3) is 0.480. The van der Waals surface area contributed by atoms with E-state index < -0.39 is 0 Å². The predicted molar refractivity (Wildman–Crippen MR) is 114 cm³/mol. The third kappa shape index (κ3) is 3.03. The summed E-state index contributed by atoms with van der Waals surface area (Å²) in [6.07, 6.45) is 6.16. The lowest BCUT2D eigenvalue weighted by atomic mass is 9.52. The monoisotopic (exact) mass is 407 g/mol. The SMILES string of the molecule is COc1cc2c(cc1O)[C@]13CCCC[C@@H]1[C@H](C2)N(C(=O)OCc1ccccc1)CC3. The first-order chi connectivity index (χ1) is 14.6. The highest BCUT2D eigenvalue weighted by molar-refractivity contribution is 5.69. The van der Waals surface area contributed by atoms with Gasteiger partial charge >= 0.3 is 6.09 Å². The Labute approximate surface area is 177 Å². The topological polar surface area (TPSA) is 59.0 Å². The molecule has 2 fully saturated rings. The molecule has 3 aliphatic rings. The standard InChI is InChI=1S/C25H29NO4/c1-29-23-14-18-13-21-19-9-5-6-10-25(19,20(18)15-22(23)27)11-12-26(21)24(28)30-16-17-7-3-2-4-8-17/h2-4,7-8,14-15,19,21,27H,5-6,9-13,16H2,1H3/t19-,21+,25+/m1/s1. The molecule has 0 unspecified atom stereocenters. The molecule has 0 aromatic heterocycles. The zero-order valence-electron chi connectivity index (χ0n) is 17.5.